The predicted octanol–water partition coefficient (Wildman–Crippen LogP) is 3.34. The van der Waals surface area contributed by atoms with Gasteiger partial charge in [0.2, 0.25) is 5.91 Å². The van der Waals surface area contributed by atoms with Gasteiger partial charge >= 0.3 is 0 Å². The Morgan fingerprint density at radius 2 is 1.92 bits per heavy atom. The van der Waals surface area contributed by atoms with Crippen LogP contribution in [0, 0.1) is 19.8 Å². The average molecular weight is 355 g/mol. The van der Waals surface area contributed by atoms with Crippen LogP contribution in [0.3, 0.4) is 0 Å². The number of pyridine rings is 1. The molecule has 1 atom stereocenters. The van der Waals surface area contributed by atoms with Crippen LogP contribution in [0.25, 0.3) is 11.3 Å². The first-order valence-corrected chi connectivity index (χ1v) is 9.50. The van der Waals surface area contributed by atoms with Crippen molar-refractivity contribution in [1.82, 2.24) is 14.8 Å². The first-order valence-electron chi connectivity index (χ1n) is 9.50. The molecule has 0 aliphatic heterocycles. The number of nitrogens with zero attached hydrogens (tertiary/aromatic N) is 3. The van der Waals surface area contributed by atoms with E-state index in [1.165, 1.54) is 25.7 Å². The van der Waals surface area contributed by atoms with Crippen molar-refractivity contribution in [3.8, 4) is 11.3 Å². The number of carbonyl (C=O) groups excluding carboxylic acids is 1. The molecular formula is C20H29N5O. The highest BCUT2D eigenvalue weighted by molar-refractivity contribution is 5.94. The Bertz CT molecular complexity index is 757. The summed E-state index contributed by atoms with van der Waals surface area (Å²) in [4.78, 5) is 16.9. The summed E-state index contributed by atoms with van der Waals surface area (Å²) in [5.41, 5.74) is 10.4. The molecule has 3 N–H and O–H groups in total. The Kier molecular flexibility index (Phi) is 5.71. The highest BCUT2D eigenvalue weighted by Gasteiger charge is 2.25. The van der Waals surface area contributed by atoms with Gasteiger partial charge in [-0.15, -0.1) is 0 Å². The summed E-state index contributed by atoms with van der Waals surface area (Å²) < 4.78 is 1.86. The number of rotatable bonds is 4. The van der Waals surface area contributed by atoms with Gasteiger partial charge in [0.15, 0.2) is 0 Å². The molecule has 0 radical (unpaired) electrons. The molecule has 3 rings (SSSR count). The third-order valence-electron chi connectivity index (χ3n) is 5.52. The molecule has 0 unspecified atom stereocenters. The second kappa shape index (κ2) is 7.99. The average Bonchev–Trinajstić information content (AvgIpc) is 2.83. The second-order valence-corrected chi connectivity index (χ2v) is 7.38. The van der Waals surface area contributed by atoms with Crippen LogP contribution >= 0.6 is 0 Å². The van der Waals surface area contributed by atoms with Gasteiger partial charge in [-0.3, -0.25) is 9.48 Å². The van der Waals surface area contributed by atoms with E-state index in [9.17, 15) is 4.79 Å². The van der Waals surface area contributed by atoms with Crippen LogP contribution < -0.4 is 11.1 Å². The van der Waals surface area contributed by atoms with Crippen LogP contribution in [0.2, 0.25) is 0 Å². The maximum atomic E-state index is 12.5. The number of amides is 1. The van der Waals surface area contributed by atoms with Crippen molar-refractivity contribution in [3.63, 3.8) is 0 Å². The molecule has 2 heterocycles. The second-order valence-electron chi connectivity index (χ2n) is 7.38. The lowest BCUT2D eigenvalue weighted by Gasteiger charge is -2.21. The lowest BCUT2D eigenvalue weighted by Crippen LogP contribution is -2.42. The van der Waals surface area contributed by atoms with E-state index in [0.717, 1.165) is 35.4 Å². The minimum atomic E-state index is -0.462. The van der Waals surface area contributed by atoms with Crippen molar-refractivity contribution < 1.29 is 4.79 Å². The van der Waals surface area contributed by atoms with Crippen LogP contribution in [0.5, 0.6) is 0 Å². The van der Waals surface area contributed by atoms with Gasteiger partial charge in [-0.2, -0.15) is 5.10 Å². The number of hydrogen-bond acceptors (Lipinski definition) is 4. The Morgan fingerprint density at radius 1 is 1.23 bits per heavy atom. The summed E-state index contributed by atoms with van der Waals surface area (Å²) in [5, 5.41) is 7.32. The van der Waals surface area contributed by atoms with E-state index in [0.29, 0.717) is 5.82 Å². The zero-order valence-electron chi connectivity index (χ0n) is 16.0. The van der Waals surface area contributed by atoms with Crippen molar-refractivity contribution in [3.05, 3.63) is 29.6 Å². The normalized spacial score (nSPS) is 16.9. The monoisotopic (exact) mass is 355 g/mol. The van der Waals surface area contributed by atoms with Crippen LogP contribution in [0.15, 0.2) is 18.3 Å². The third kappa shape index (κ3) is 3.96. The minimum Gasteiger partial charge on any atom is -0.320 e. The highest BCUT2D eigenvalue weighted by atomic mass is 16.2. The van der Waals surface area contributed by atoms with Gasteiger partial charge in [0.25, 0.3) is 0 Å². The van der Waals surface area contributed by atoms with Gasteiger partial charge in [0, 0.05) is 18.8 Å². The van der Waals surface area contributed by atoms with Gasteiger partial charge in [0.05, 0.1) is 17.4 Å². The number of anilines is 1. The van der Waals surface area contributed by atoms with E-state index in [2.05, 4.69) is 22.3 Å². The van der Waals surface area contributed by atoms with Crippen molar-refractivity contribution in [1.29, 1.82) is 0 Å². The maximum absolute atomic E-state index is 12.5. The number of carbonyl (C=O) groups is 1. The molecule has 2 aromatic heterocycles. The molecule has 1 fully saturated rings. The summed E-state index contributed by atoms with van der Waals surface area (Å²) in [6.45, 7) is 4.05. The van der Waals surface area contributed by atoms with Crippen LogP contribution in [0.4, 0.5) is 5.82 Å². The molecule has 1 aliphatic rings. The molecule has 0 spiro atoms. The molecule has 26 heavy (non-hydrogen) atoms. The number of hydrogen-bond donors (Lipinski definition) is 2. The Morgan fingerprint density at radius 3 is 2.46 bits per heavy atom. The fourth-order valence-electron chi connectivity index (χ4n) is 3.87. The molecule has 140 valence electrons. The zero-order valence-corrected chi connectivity index (χ0v) is 16.0. The van der Waals surface area contributed by atoms with Gasteiger partial charge in [-0.1, -0.05) is 25.7 Å². The summed E-state index contributed by atoms with van der Waals surface area (Å²) in [7, 11) is 1.93. The number of aryl methyl sites for hydroxylation is 2. The topological polar surface area (TPSA) is 85.8 Å². The molecule has 2 aromatic rings. The van der Waals surface area contributed by atoms with Gasteiger partial charge in [-0.25, -0.2) is 4.98 Å². The van der Waals surface area contributed by atoms with Gasteiger partial charge < -0.3 is 11.1 Å². The van der Waals surface area contributed by atoms with Gasteiger partial charge in [-0.05, 0) is 50.3 Å². The molecule has 1 aliphatic carbocycles. The first-order chi connectivity index (χ1) is 12.5. The van der Waals surface area contributed by atoms with Crippen LogP contribution in [0.1, 0.15) is 49.8 Å². The molecule has 0 aromatic carbocycles. The number of aromatic nitrogens is 3. The lowest BCUT2D eigenvalue weighted by atomic mass is 9.92. The summed E-state index contributed by atoms with van der Waals surface area (Å²) in [6.07, 6.45) is 8.70. The Hall–Kier alpha value is -2.21. The SMILES string of the molecule is Cc1nn(C)c(-c2ccc(NC(=O)[C@@H](N)C3CCCCCC3)nc2)c1C. The molecule has 0 bridgehead atoms. The first kappa shape index (κ1) is 18.6. The largest absolute Gasteiger partial charge is 0.320 e. The Labute approximate surface area is 155 Å². The molecule has 0 saturated heterocycles. The predicted molar refractivity (Wildman–Crippen MR) is 104 cm³/mol. The quantitative estimate of drug-likeness (QED) is 0.824. The van der Waals surface area contributed by atoms with Crippen molar-refractivity contribution >= 4 is 11.7 Å². The summed E-state index contributed by atoms with van der Waals surface area (Å²) in [5.74, 6) is 0.681. The fourth-order valence-corrected chi connectivity index (χ4v) is 3.87. The molecule has 1 saturated carbocycles. The van der Waals surface area contributed by atoms with Crippen molar-refractivity contribution in [2.24, 2.45) is 18.7 Å². The molecule has 6 heteroatoms. The van der Waals surface area contributed by atoms with E-state index >= 15 is 0 Å². The fraction of sp³-hybridized carbons (Fsp3) is 0.550. The van der Waals surface area contributed by atoms with E-state index in [-0.39, 0.29) is 11.8 Å². The third-order valence-corrected chi connectivity index (χ3v) is 5.52. The Balaban J connectivity index is 1.68. The molecular weight excluding hydrogens is 326 g/mol. The zero-order chi connectivity index (χ0) is 18.7. The van der Waals surface area contributed by atoms with Crippen molar-refractivity contribution in [2.75, 3.05) is 5.32 Å². The van der Waals surface area contributed by atoms with E-state index in [1.54, 1.807) is 6.20 Å². The van der Waals surface area contributed by atoms with E-state index in [1.807, 2.05) is 30.8 Å². The minimum absolute atomic E-state index is 0.135. The van der Waals surface area contributed by atoms with E-state index < -0.39 is 6.04 Å². The highest BCUT2D eigenvalue weighted by Crippen LogP contribution is 2.26. The van der Waals surface area contributed by atoms with Gasteiger partial charge in [0.1, 0.15) is 5.82 Å². The summed E-state index contributed by atoms with van der Waals surface area (Å²) in [6, 6.07) is 3.33. The lowest BCUT2D eigenvalue weighted by molar-refractivity contribution is -0.118. The number of nitrogens with two attached hydrogens (primary N) is 1. The maximum Gasteiger partial charge on any atom is 0.242 e. The summed E-state index contributed by atoms with van der Waals surface area (Å²) >= 11 is 0. The molecule has 1 amide bonds. The van der Waals surface area contributed by atoms with Crippen molar-refractivity contribution in [2.45, 2.75) is 58.4 Å². The van der Waals surface area contributed by atoms with E-state index in [4.69, 9.17) is 5.73 Å². The molecule has 6 nitrogen and oxygen atoms in total. The van der Waals surface area contributed by atoms with Crippen LogP contribution in [-0.2, 0) is 11.8 Å². The number of nitrogens with one attached hydrogen (secondary N) is 1. The standard InChI is InChI=1S/C20H29N5O/c1-13-14(2)24-25(3)19(13)16-10-11-17(22-12-16)23-20(26)18(21)15-8-6-4-5-7-9-15/h10-12,15,18H,4-9,21H2,1-3H3,(H,22,23,26)/t18-/m0/s1. The van der Waals surface area contributed by atoms with Crippen LogP contribution in [-0.4, -0.2) is 26.7 Å². The smallest absolute Gasteiger partial charge is 0.242 e.